The minimum atomic E-state index is -0.393. The van der Waals surface area contributed by atoms with E-state index < -0.39 is 5.91 Å². The summed E-state index contributed by atoms with van der Waals surface area (Å²) in [5.41, 5.74) is 5.07. The average Bonchev–Trinajstić information content (AvgIpc) is 3.24. The first kappa shape index (κ1) is 18.9. The largest absolute Gasteiger partial charge is 0.496 e. The Morgan fingerprint density at radius 2 is 1.79 bits per heavy atom. The zero-order valence-electron chi connectivity index (χ0n) is 15.5. The van der Waals surface area contributed by atoms with Gasteiger partial charge in [-0.3, -0.25) is 9.89 Å². The van der Waals surface area contributed by atoms with Crippen LogP contribution in [0.4, 0.5) is 0 Å². The van der Waals surface area contributed by atoms with E-state index in [-0.39, 0.29) is 0 Å². The van der Waals surface area contributed by atoms with Crippen LogP contribution < -0.4 is 14.9 Å². The standard InChI is InChI=1S/C21H20N4O3/c1-27-19-11-5-3-8-15(19)9-7-13-22-25-21(26)18-14-17(23-24-18)16-10-4-6-12-20(16)28-2/h3-14H,1-2H3,(H,23,24)(H,25,26)/b9-7+,22-13-. The van der Waals surface area contributed by atoms with Gasteiger partial charge in [0, 0.05) is 17.3 Å². The lowest BCUT2D eigenvalue weighted by Gasteiger charge is -2.04. The highest BCUT2D eigenvalue weighted by Gasteiger charge is 2.13. The monoisotopic (exact) mass is 376 g/mol. The molecule has 0 spiro atoms. The molecule has 142 valence electrons. The molecular formula is C21H20N4O3. The van der Waals surface area contributed by atoms with Crippen molar-refractivity contribution in [2.45, 2.75) is 0 Å². The van der Waals surface area contributed by atoms with Gasteiger partial charge in [0.25, 0.3) is 5.91 Å². The molecule has 0 aliphatic carbocycles. The number of allylic oxidation sites excluding steroid dienone is 1. The number of H-pyrrole nitrogens is 1. The summed E-state index contributed by atoms with van der Waals surface area (Å²) in [6.45, 7) is 0. The van der Waals surface area contributed by atoms with Crippen LogP contribution in [0.5, 0.6) is 11.5 Å². The van der Waals surface area contributed by atoms with Crippen molar-refractivity contribution in [2.24, 2.45) is 5.10 Å². The van der Waals surface area contributed by atoms with E-state index in [9.17, 15) is 4.79 Å². The lowest BCUT2D eigenvalue weighted by atomic mass is 10.1. The second-order valence-corrected chi connectivity index (χ2v) is 5.69. The van der Waals surface area contributed by atoms with Crippen LogP contribution in [0, 0.1) is 0 Å². The predicted molar refractivity (Wildman–Crippen MR) is 109 cm³/mol. The van der Waals surface area contributed by atoms with E-state index >= 15 is 0 Å². The Hall–Kier alpha value is -3.87. The third-order valence-corrected chi connectivity index (χ3v) is 3.95. The molecule has 0 fully saturated rings. The van der Waals surface area contributed by atoms with Crippen LogP contribution in [-0.4, -0.2) is 36.5 Å². The van der Waals surface area contributed by atoms with E-state index in [1.807, 2.05) is 54.6 Å². The summed E-state index contributed by atoms with van der Waals surface area (Å²) in [6, 6.07) is 16.7. The molecular weight excluding hydrogens is 356 g/mol. The van der Waals surface area contributed by atoms with E-state index in [2.05, 4.69) is 20.7 Å². The van der Waals surface area contributed by atoms with Gasteiger partial charge in [0.05, 0.1) is 19.9 Å². The Bertz CT molecular complexity index is 1010. The second-order valence-electron chi connectivity index (χ2n) is 5.69. The maximum absolute atomic E-state index is 12.2. The molecule has 1 heterocycles. The van der Waals surface area contributed by atoms with E-state index in [1.165, 1.54) is 6.21 Å². The van der Waals surface area contributed by atoms with Gasteiger partial charge in [-0.1, -0.05) is 30.3 Å². The second kappa shape index (κ2) is 9.18. The molecule has 0 saturated carbocycles. The van der Waals surface area contributed by atoms with Gasteiger partial charge in [-0.05, 0) is 36.4 Å². The Balaban J connectivity index is 1.62. The third-order valence-electron chi connectivity index (χ3n) is 3.95. The van der Waals surface area contributed by atoms with Gasteiger partial charge in [-0.2, -0.15) is 10.2 Å². The highest BCUT2D eigenvalue weighted by Crippen LogP contribution is 2.28. The predicted octanol–water partition coefficient (Wildman–Crippen LogP) is 3.52. The zero-order chi connectivity index (χ0) is 19.8. The number of hydrogen-bond donors (Lipinski definition) is 2. The van der Waals surface area contributed by atoms with Crippen LogP contribution in [0.2, 0.25) is 0 Å². The zero-order valence-corrected chi connectivity index (χ0v) is 15.5. The normalized spacial score (nSPS) is 11.1. The molecule has 0 aliphatic rings. The summed E-state index contributed by atoms with van der Waals surface area (Å²) in [5.74, 6) is 1.05. The number of carbonyl (C=O) groups is 1. The molecule has 0 radical (unpaired) electrons. The molecule has 1 aromatic heterocycles. The average molecular weight is 376 g/mol. The van der Waals surface area contributed by atoms with E-state index in [4.69, 9.17) is 9.47 Å². The number of nitrogens with one attached hydrogen (secondary N) is 2. The van der Waals surface area contributed by atoms with Gasteiger partial charge in [-0.25, -0.2) is 5.43 Å². The minimum absolute atomic E-state index is 0.298. The summed E-state index contributed by atoms with van der Waals surface area (Å²) in [4.78, 5) is 12.2. The maximum Gasteiger partial charge on any atom is 0.289 e. The number of methoxy groups -OCH3 is 2. The molecule has 28 heavy (non-hydrogen) atoms. The van der Waals surface area contributed by atoms with Gasteiger partial charge < -0.3 is 9.47 Å². The highest BCUT2D eigenvalue weighted by molar-refractivity contribution is 5.94. The molecule has 0 aliphatic heterocycles. The van der Waals surface area contributed by atoms with Gasteiger partial charge in [0.2, 0.25) is 0 Å². The number of para-hydroxylation sites is 2. The first-order chi connectivity index (χ1) is 13.7. The van der Waals surface area contributed by atoms with Crippen LogP contribution in [0.15, 0.2) is 65.8 Å². The Kier molecular flexibility index (Phi) is 6.20. The van der Waals surface area contributed by atoms with Crippen LogP contribution in [0.1, 0.15) is 16.1 Å². The summed E-state index contributed by atoms with van der Waals surface area (Å²) >= 11 is 0. The molecule has 1 amide bonds. The van der Waals surface area contributed by atoms with Crippen molar-refractivity contribution in [3.63, 3.8) is 0 Å². The highest BCUT2D eigenvalue weighted by atomic mass is 16.5. The number of hydrazone groups is 1. The molecule has 7 nitrogen and oxygen atoms in total. The van der Waals surface area contributed by atoms with Crippen molar-refractivity contribution in [1.29, 1.82) is 0 Å². The number of amides is 1. The lowest BCUT2D eigenvalue weighted by molar-refractivity contribution is 0.0950. The molecule has 2 N–H and O–H groups in total. The number of benzene rings is 2. The van der Waals surface area contributed by atoms with E-state index in [0.29, 0.717) is 17.1 Å². The first-order valence-electron chi connectivity index (χ1n) is 8.55. The lowest BCUT2D eigenvalue weighted by Crippen LogP contribution is -2.17. The van der Waals surface area contributed by atoms with Crippen LogP contribution >= 0.6 is 0 Å². The molecule has 2 aromatic carbocycles. The fraction of sp³-hybridized carbons (Fsp3) is 0.0952. The molecule has 0 atom stereocenters. The third kappa shape index (κ3) is 4.45. The number of aromatic amines is 1. The fourth-order valence-corrected chi connectivity index (χ4v) is 2.58. The quantitative estimate of drug-likeness (QED) is 0.488. The fourth-order valence-electron chi connectivity index (χ4n) is 2.58. The topological polar surface area (TPSA) is 88.6 Å². The summed E-state index contributed by atoms with van der Waals surface area (Å²) < 4.78 is 10.6. The van der Waals surface area contributed by atoms with Gasteiger partial charge >= 0.3 is 0 Å². The number of rotatable bonds is 7. The smallest absolute Gasteiger partial charge is 0.289 e. The molecule has 3 aromatic rings. The Labute approximate surface area is 162 Å². The summed E-state index contributed by atoms with van der Waals surface area (Å²) in [5, 5.41) is 10.8. The van der Waals surface area contributed by atoms with Crippen LogP contribution in [-0.2, 0) is 0 Å². The number of ether oxygens (including phenoxy) is 2. The number of hydrogen-bond acceptors (Lipinski definition) is 5. The van der Waals surface area contributed by atoms with Crippen molar-refractivity contribution < 1.29 is 14.3 Å². The summed E-state index contributed by atoms with van der Waals surface area (Å²) in [7, 11) is 3.21. The van der Waals surface area contributed by atoms with Crippen LogP contribution in [0.25, 0.3) is 17.3 Å². The molecule has 0 unspecified atom stereocenters. The van der Waals surface area contributed by atoms with Crippen molar-refractivity contribution in [3.05, 3.63) is 71.9 Å². The summed E-state index contributed by atoms with van der Waals surface area (Å²) in [6.07, 6.45) is 5.04. The molecule has 7 heteroatoms. The first-order valence-corrected chi connectivity index (χ1v) is 8.55. The van der Waals surface area contributed by atoms with E-state index in [0.717, 1.165) is 16.9 Å². The van der Waals surface area contributed by atoms with Crippen LogP contribution in [0.3, 0.4) is 0 Å². The maximum atomic E-state index is 12.2. The van der Waals surface area contributed by atoms with Crippen molar-refractivity contribution >= 4 is 18.2 Å². The van der Waals surface area contributed by atoms with Crippen molar-refractivity contribution in [1.82, 2.24) is 15.6 Å². The molecule has 0 saturated heterocycles. The van der Waals surface area contributed by atoms with Gasteiger partial charge in [0.1, 0.15) is 17.2 Å². The number of nitrogens with zero attached hydrogens (tertiary/aromatic N) is 2. The minimum Gasteiger partial charge on any atom is -0.496 e. The van der Waals surface area contributed by atoms with Crippen molar-refractivity contribution in [2.75, 3.05) is 14.2 Å². The molecule has 0 bridgehead atoms. The molecule has 3 rings (SSSR count). The number of carbonyl (C=O) groups excluding carboxylic acids is 1. The Morgan fingerprint density at radius 1 is 1.07 bits per heavy atom. The SMILES string of the molecule is COc1ccccc1/C=C/C=N\NC(=O)c1cc(-c2ccccc2OC)n[nH]1. The Morgan fingerprint density at radius 3 is 2.57 bits per heavy atom. The number of aromatic nitrogens is 2. The van der Waals surface area contributed by atoms with E-state index in [1.54, 1.807) is 26.4 Å². The van der Waals surface area contributed by atoms with Crippen molar-refractivity contribution in [3.8, 4) is 22.8 Å². The van der Waals surface area contributed by atoms with Gasteiger partial charge in [0.15, 0.2) is 0 Å². The van der Waals surface area contributed by atoms with Gasteiger partial charge in [-0.15, -0.1) is 0 Å².